The Hall–Kier alpha value is -1.78. The normalized spacial score (nSPS) is 19.1. The fourth-order valence-electron chi connectivity index (χ4n) is 2.31. The topological polar surface area (TPSA) is 41.6 Å². The summed E-state index contributed by atoms with van der Waals surface area (Å²) in [4.78, 5) is 14.0. The minimum atomic E-state index is -0.381. The highest BCUT2D eigenvalue weighted by Gasteiger charge is 2.32. The maximum absolute atomic E-state index is 13.4. The van der Waals surface area contributed by atoms with Crippen molar-refractivity contribution < 1.29 is 13.9 Å². The van der Waals surface area contributed by atoms with E-state index < -0.39 is 0 Å². The Bertz CT molecular complexity index is 477. The first-order chi connectivity index (χ1) is 9.01. The molecule has 1 unspecified atom stereocenters. The summed E-state index contributed by atoms with van der Waals surface area (Å²) in [7, 11) is 1.49. The first-order valence-electron chi connectivity index (χ1n) is 6.43. The number of carbonyl (C=O) groups excluding carboxylic acids is 1. The largest absolute Gasteiger partial charge is 0.497 e. The van der Waals surface area contributed by atoms with Gasteiger partial charge in [-0.2, -0.15) is 0 Å². The molecule has 1 aromatic carbocycles. The summed E-state index contributed by atoms with van der Waals surface area (Å²) in [5, 5.41) is 3.08. The number of hydrogen-bond donors (Lipinski definition) is 1. The maximum atomic E-state index is 13.4. The molecule has 0 spiro atoms. The quantitative estimate of drug-likeness (QED) is 0.909. The fraction of sp³-hybridized carbons (Fsp3) is 0.500. The van der Waals surface area contributed by atoms with Crippen molar-refractivity contribution in [3.8, 4) is 5.75 Å². The van der Waals surface area contributed by atoms with Gasteiger partial charge in [-0.15, -0.1) is 0 Å². The van der Waals surface area contributed by atoms with Crippen LogP contribution in [-0.2, 0) is 4.79 Å². The molecule has 1 N–H and O–H groups in total. The van der Waals surface area contributed by atoms with Gasteiger partial charge in [0.15, 0.2) is 0 Å². The number of methoxy groups -OCH3 is 1. The summed E-state index contributed by atoms with van der Waals surface area (Å²) in [6.45, 7) is 4.72. The summed E-state index contributed by atoms with van der Waals surface area (Å²) < 4.78 is 18.4. The van der Waals surface area contributed by atoms with Crippen molar-refractivity contribution in [1.29, 1.82) is 0 Å². The molecule has 1 aromatic rings. The molecule has 1 aliphatic heterocycles. The van der Waals surface area contributed by atoms with E-state index in [1.165, 1.54) is 19.2 Å². The molecule has 1 amide bonds. The lowest BCUT2D eigenvalue weighted by Gasteiger charge is -2.21. The maximum Gasteiger partial charge on any atom is 0.245 e. The minimum absolute atomic E-state index is 0.0678. The molecule has 0 aromatic heterocycles. The van der Waals surface area contributed by atoms with Crippen molar-refractivity contribution in [3.05, 3.63) is 24.0 Å². The number of hydrogen-bond acceptors (Lipinski definition) is 3. The standard InChI is InChI=1S/C14H19FN2O2/c1-9(2)17-5-4-13(14(17)18)16-11-6-10(15)7-12(8-11)19-3/h6-9,13,16H,4-5H2,1-3H3. The second kappa shape index (κ2) is 5.47. The summed E-state index contributed by atoms with van der Waals surface area (Å²) >= 11 is 0. The van der Waals surface area contributed by atoms with Crippen LogP contribution in [0.25, 0.3) is 0 Å². The highest BCUT2D eigenvalue weighted by atomic mass is 19.1. The average molecular weight is 266 g/mol. The van der Waals surface area contributed by atoms with Gasteiger partial charge in [0.05, 0.1) is 7.11 Å². The Labute approximate surface area is 112 Å². The van der Waals surface area contributed by atoms with Crippen LogP contribution in [0, 0.1) is 5.82 Å². The van der Waals surface area contributed by atoms with Crippen LogP contribution in [0.3, 0.4) is 0 Å². The Morgan fingerprint density at radius 2 is 2.16 bits per heavy atom. The fourth-order valence-corrected chi connectivity index (χ4v) is 2.31. The summed E-state index contributed by atoms with van der Waals surface area (Å²) in [5.74, 6) is 0.125. The third-order valence-corrected chi connectivity index (χ3v) is 3.31. The number of carbonyl (C=O) groups is 1. The molecule has 1 heterocycles. The van der Waals surface area contributed by atoms with E-state index in [1.807, 2.05) is 18.7 Å². The number of likely N-dealkylation sites (tertiary alicyclic amines) is 1. The molecule has 19 heavy (non-hydrogen) atoms. The molecule has 1 saturated heterocycles. The van der Waals surface area contributed by atoms with Crippen molar-refractivity contribution in [3.63, 3.8) is 0 Å². The highest BCUT2D eigenvalue weighted by molar-refractivity contribution is 5.87. The van der Waals surface area contributed by atoms with Crippen molar-refractivity contribution in [2.45, 2.75) is 32.4 Å². The van der Waals surface area contributed by atoms with Crippen LogP contribution in [0.1, 0.15) is 20.3 Å². The van der Waals surface area contributed by atoms with E-state index in [0.29, 0.717) is 11.4 Å². The SMILES string of the molecule is COc1cc(F)cc(NC2CCN(C(C)C)C2=O)c1. The van der Waals surface area contributed by atoms with Crippen molar-refractivity contribution in [2.24, 2.45) is 0 Å². The third kappa shape index (κ3) is 2.97. The molecule has 2 rings (SSSR count). The molecular formula is C14H19FN2O2. The van der Waals surface area contributed by atoms with Gasteiger partial charge in [-0.05, 0) is 26.3 Å². The molecule has 0 radical (unpaired) electrons. The van der Waals surface area contributed by atoms with E-state index in [1.54, 1.807) is 6.07 Å². The Kier molecular flexibility index (Phi) is 3.93. The molecule has 0 aliphatic carbocycles. The number of benzene rings is 1. The monoisotopic (exact) mass is 266 g/mol. The second-order valence-electron chi connectivity index (χ2n) is 4.99. The average Bonchev–Trinajstić information content (AvgIpc) is 2.70. The Balaban J connectivity index is 2.10. The lowest BCUT2D eigenvalue weighted by atomic mass is 10.2. The van der Waals surface area contributed by atoms with Gasteiger partial charge in [-0.3, -0.25) is 4.79 Å². The molecule has 0 saturated carbocycles. The van der Waals surface area contributed by atoms with Crippen LogP contribution in [0.2, 0.25) is 0 Å². The zero-order valence-corrected chi connectivity index (χ0v) is 11.4. The number of anilines is 1. The van der Waals surface area contributed by atoms with Gasteiger partial charge < -0.3 is 15.0 Å². The van der Waals surface area contributed by atoms with Gasteiger partial charge in [0.1, 0.15) is 17.6 Å². The van der Waals surface area contributed by atoms with Gasteiger partial charge in [0.2, 0.25) is 5.91 Å². The van der Waals surface area contributed by atoms with E-state index in [9.17, 15) is 9.18 Å². The highest BCUT2D eigenvalue weighted by Crippen LogP contribution is 2.23. The number of ether oxygens (including phenoxy) is 1. The van der Waals surface area contributed by atoms with Crippen molar-refractivity contribution >= 4 is 11.6 Å². The van der Waals surface area contributed by atoms with Crippen LogP contribution >= 0.6 is 0 Å². The second-order valence-corrected chi connectivity index (χ2v) is 4.99. The molecule has 4 nitrogen and oxygen atoms in total. The Morgan fingerprint density at radius 1 is 1.42 bits per heavy atom. The number of amides is 1. The first-order valence-corrected chi connectivity index (χ1v) is 6.43. The lowest BCUT2D eigenvalue weighted by molar-refractivity contribution is -0.129. The zero-order valence-electron chi connectivity index (χ0n) is 11.4. The van der Waals surface area contributed by atoms with Gasteiger partial charge in [-0.1, -0.05) is 0 Å². The van der Waals surface area contributed by atoms with E-state index in [-0.39, 0.29) is 23.8 Å². The predicted octanol–water partition coefficient (Wildman–Crippen LogP) is 2.26. The van der Waals surface area contributed by atoms with E-state index in [0.717, 1.165) is 13.0 Å². The van der Waals surface area contributed by atoms with E-state index >= 15 is 0 Å². The van der Waals surface area contributed by atoms with E-state index in [2.05, 4.69) is 5.32 Å². The Morgan fingerprint density at radius 3 is 2.74 bits per heavy atom. The molecule has 1 aliphatic rings. The lowest BCUT2D eigenvalue weighted by Crippen LogP contribution is -2.37. The number of nitrogens with zero attached hydrogens (tertiary/aromatic N) is 1. The van der Waals surface area contributed by atoms with Crippen LogP contribution in [0.4, 0.5) is 10.1 Å². The van der Waals surface area contributed by atoms with Crippen LogP contribution < -0.4 is 10.1 Å². The summed E-state index contributed by atoms with van der Waals surface area (Å²) in [5.41, 5.74) is 0.570. The number of nitrogens with one attached hydrogen (secondary N) is 1. The van der Waals surface area contributed by atoms with Gasteiger partial charge in [0.25, 0.3) is 0 Å². The minimum Gasteiger partial charge on any atom is -0.497 e. The van der Waals surface area contributed by atoms with Crippen LogP contribution in [0.5, 0.6) is 5.75 Å². The smallest absolute Gasteiger partial charge is 0.245 e. The van der Waals surface area contributed by atoms with Crippen LogP contribution in [0.15, 0.2) is 18.2 Å². The van der Waals surface area contributed by atoms with Crippen LogP contribution in [-0.4, -0.2) is 36.5 Å². The molecule has 104 valence electrons. The van der Waals surface area contributed by atoms with Gasteiger partial charge in [-0.25, -0.2) is 4.39 Å². The van der Waals surface area contributed by atoms with Gasteiger partial charge in [0, 0.05) is 30.4 Å². The van der Waals surface area contributed by atoms with Crippen molar-refractivity contribution in [1.82, 2.24) is 4.90 Å². The predicted molar refractivity (Wildman–Crippen MR) is 71.8 cm³/mol. The molecular weight excluding hydrogens is 247 g/mol. The zero-order chi connectivity index (χ0) is 14.0. The molecule has 1 fully saturated rings. The third-order valence-electron chi connectivity index (χ3n) is 3.31. The van der Waals surface area contributed by atoms with Gasteiger partial charge >= 0.3 is 0 Å². The number of halogens is 1. The number of rotatable bonds is 4. The first kappa shape index (κ1) is 13.6. The summed E-state index contributed by atoms with van der Waals surface area (Å²) in [6, 6.07) is 4.28. The molecule has 1 atom stereocenters. The van der Waals surface area contributed by atoms with E-state index in [4.69, 9.17) is 4.74 Å². The van der Waals surface area contributed by atoms with Crippen molar-refractivity contribution in [2.75, 3.05) is 19.0 Å². The molecule has 5 heteroatoms. The summed E-state index contributed by atoms with van der Waals surface area (Å²) in [6.07, 6.45) is 0.732. The molecule has 0 bridgehead atoms.